The van der Waals surface area contributed by atoms with E-state index in [1.54, 1.807) is 0 Å². The van der Waals surface area contributed by atoms with E-state index < -0.39 is 0 Å². The van der Waals surface area contributed by atoms with Crippen molar-refractivity contribution in [1.82, 2.24) is 14.5 Å². The predicted octanol–water partition coefficient (Wildman–Crippen LogP) is 4.25. The van der Waals surface area contributed by atoms with Crippen molar-refractivity contribution in [3.63, 3.8) is 0 Å². The zero-order valence-electron chi connectivity index (χ0n) is 21.1. The van der Waals surface area contributed by atoms with Crippen molar-refractivity contribution in [3.05, 3.63) is 76.9 Å². The van der Waals surface area contributed by atoms with E-state index in [2.05, 4.69) is 49.3 Å². The van der Waals surface area contributed by atoms with E-state index in [0.717, 1.165) is 59.0 Å². The lowest BCUT2D eigenvalue weighted by molar-refractivity contribution is 0.121. The SMILES string of the molecule is Clc1ccccc1Cn1cc(/C=N/Nc2cc(N3CCOCC3)nc(N3CCOCC3)n2)c2ccccc21. The third kappa shape index (κ3) is 5.45. The van der Waals surface area contributed by atoms with E-state index >= 15 is 0 Å². The first kappa shape index (κ1) is 24.7. The van der Waals surface area contributed by atoms with E-state index in [0.29, 0.717) is 44.7 Å². The van der Waals surface area contributed by atoms with Crippen LogP contribution in [0.1, 0.15) is 11.1 Å². The van der Waals surface area contributed by atoms with Crippen LogP contribution >= 0.6 is 11.6 Å². The molecule has 1 N–H and O–H groups in total. The molecule has 2 aromatic carbocycles. The van der Waals surface area contributed by atoms with Crippen LogP contribution < -0.4 is 15.2 Å². The lowest BCUT2D eigenvalue weighted by Crippen LogP contribution is -2.39. The molecule has 0 radical (unpaired) electrons. The molecule has 2 fully saturated rings. The first-order valence-corrected chi connectivity index (χ1v) is 13.3. The highest BCUT2D eigenvalue weighted by Gasteiger charge is 2.19. The highest BCUT2D eigenvalue weighted by molar-refractivity contribution is 6.31. The Morgan fingerprint density at radius 3 is 2.39 bits per heavy atom. The molecule has 2 aromatic heterocycles. The number of ether oxygens (including phenoxy) is 2. The van der Waals surface area contributed by atoms with Crippen LogP contribution in [0, 0.1) is 0 Å². The number of hydrazone groups is 1. The van der Waals surface area contributed by atoms with Crippen LogP contribution in [0.25, 0.3) is 10.9 Å². The Hall–Kier alpha value is -3.66. The van der Waals surface area contributed by atoms with E-state index in [4.69, 9.17) is 31.0 Å². The fraction of sp³-hybridized carbons (Fsp3) is 0.321. The maximum absolute atomic E-state index is 6.44. The Kier molecular flexibility index (Phi) is 7.39. The number of rotatable bonds is 7. The quantitative estimate of drug-likeness (QED) is 0.282. The van der Waals surface area contributed by atoms with Gasteiger partial charge in [-0.25, -0.2) is 0 Å². The molecule has 0 unspecified atom stereocenters. The molecule has 9 nitrogen and oxygen atoms in total. The van der Waals surface area contributed by atoms with Crippen molar-refractivity contribution in [2.75, 3.05) is 67.8 Å². The second kappa shape index (κ2) is 11.4. The minimum Gasteiger partial charge on any atom is -0.378 e. The molecule has 10 heteroatoms. The molecular formula is C28H30ClN7O2. The van der Waals surface area contributed by atoms with Crippen LogP contribution in [0.4, 0.5) is 17.6 Å². The monoisotopic (exact) mass is 531 g/mol. The molecule has 0 bridgehead atoms. The van der Waals surface area contributed by atoms with Gasteiger partial charge in [-0.3, -0.25) is 5.43 Å². The summed E-state index contributed by atoms with van der Waals surface area (Å²) >= 11 is 6.44. The standard InChI is InChI=1S/C28H30ClN7O2/c29-24-7-3-1-5-21(24)19-36-20-22(23-6-2-4-8-25(23)36)18-30-33-26-17-27(34-9-13-37-14-10-34)32-28(31-26)35-11-15-38-16-12-35/h1-8,17-18,20H,9-16,19H2,(H,31,32,33)/b30-18+. The van der Waals surface area contributed by atoms with Gasteiger partial charge < -0.3 is 23.8 Å². The fourth-order valence-electron chi connectivity index (χ4n) is 4.83. The van der Waals surface area contributed by atoms with Gasteiger partial charge in [0, 0.05) is 66.5 Å². The van der Waals surface area contributed by atoms with Crippen LogP contribution in [0.5, 0.6) is 0 Å². The number of nitrogens with zero attached hydrogens (tertiary/aromatic N) is 6. The highest BCUT2D eigenvalue weighted by Crippen LogP contribution is 2.25. The molecule has 0 spiro atoms. The summed E-state index contributed by atoms with van der Waals surface area (Å²) in [6.07, 6.45) is 3.95. The third-order valence-electron chi connectivity index (χ3n) is 6.83. The van der Waals surface area contributed by atoms with Gasteiger partial charge in [-0.2, -0.15) is 15.1 Å². The zero-order valence-corrected chi connectivity index (χ0v) is 21.8. The van der Waals surface area contributed by atoms with Crippen molar-refractivity contribution in [2.45, 2.75) is 6.54 Å². The maximum atomic E-state index is 6.44. The summed E-state index contributed by atoms with van der Waals surface area (Å²) < 4.78 is 13.3. The third-order valence-corrected chi connectivity index (χ3v) is 7.20. The number of anilines is 3. The summed E-state index contributed by atoms with van der Waals surface area (Å²) in [5.41, 5.74) is 6.37. The lowest BCUT2D eigenvalue weighted by atomic mass is 10.2. The molecular weight excluding hydrogens is 502 g/mol. The number of para-hydroxylation sites is 1. The highest BCUT2D eigenvalue weighted by atomic mass is 35.5. The Bertz CT molecular complexity index is 1390. The minimum absolute atomic E-state index is 0.652. The van der Waals surface area contributed by atoms with Crippen molar-refractivity contribution in [3.8, 4) is 0 Å². The molecule has 0 amide bonds. The van der Waals surface area contributed by atoms with Crippen LogP contribution in [0.3, 0.4) is 0 Å². The molecule has 196 valence electrons. The second-order valence-electron chi connectivity index (χ2n) is 9.30. The average Bonchev–Trinajstić information content (AvgIpc) is 3.32. The zero-order chi connectivity index (χ0) is 25.7. The van der Waals surface area contributed by atoms with Crippen LogP contribution in [0.15, 0.2) is 65.9 Å². The number of hydrogen-bond acceptors (Lipinski definition) is 8. The molecule has 2 aliphatic rings. The summed E-state index contributed by atoms with van der Waals surface area (Å²) in [5, 5.41) is 6.46. The summed E-state index contributed by atoms with van der Waals surface area (Å²) in [4.78, 5) is 14.0. The van der Waals surface area contributed by atoms with E-state index in [-0.39, 0.29) is 0 Å². The number of hydrogen-bond donors (Lipinski definition) is 1. The topological polar surface area (TPSA) is 80.0 Å². The Morgan fingerprint density at radius 1 is 0.895 bits per heavy atom. The first-order chi connectivity index (χ1) is 18.7. The van der Waals surface area contributed by atoms with Gasteiger partial charge in [0.05, 0.1) is 32.6 Å². The maximum Gasteiger partial charge on any atom is 0.229 e. The summed E-state index contributed by atoms with van der Waals surface area (Å²) in [7, 11) is 0. The van der Waals surface area contributed by atoms with Crippen molar-refractivity contribution >= 4 is 46.3 Å². The number of nitrogens with one attached hydrogen (secondary N) is 1. The molecule has 0 atom stereocenters. The second-order valence-corrected chi connectivity index (χ2v) is 9.71. The van der Waals surface area contributed by atoms with Gasteiger partial charge in [-0.05, 0) is 17.7 Å². The lowest BCUT2D eigenvalue weighted by Gasteiger charge is -2.31. The number of aromatic nitrogens is 3. The van der Waals surface area contributed by atoms with Gasteiger partial charge in [0.2, 0.25) is 5.95 Å². The summed E-state index contributed by atoms with van der Waals surface area (Å²) in [6.45, 7) is 6.53. The molecule has 38 heavy (non-hydrogen) atoms. The van der Waals surface area contributed by atoms with Gasteiger partial charge in [0.15, 0.2) is 5.82 Å². The normalized spacial score (nSPS) is 16.4. The number of fused-ring (bicyclic) bond motifs is 1. The summed E-state index contributed by atoms with van der Waals surface area (Å²) in [5.74, 6) is 2.21. The van der Waals surface area contributed by atoms with Crippen LogP contribution in [0.2, 0.25) is 5.02 Å². The number of benzene rings is 2. The Morgan fingerprint density at radius 2 is 1.61 bits per heavy atom. The smallest absolute Gasteiger partial charge is 0.229 e. The average molecular weight is 532 g/mol. The van der Waals surface area contributed by atoms with Crippen LogP contribution in [-0.4, -0.2) is 73.4 Å². The first-order valence-electron chi connectivity index (χ1n) is 12.9. The van der Waals surface area contributed by atoms with E-state index in [1.165, 1.54) is 0 Å². The van der Waals surface area contributed by atoms with Gasteiger partial charge in [-0.1, -0.05) is 48.0 Å². The molecule has 2 aliphatic heterocycles. The van der Waals surface area contributed by atoms with Gasteiger partial charge in [-0.15, -0.1) is 0 Å². The van der Waals surface area contributed by atoms with Gasteiger partial charge in [0.1, 0.15) is 5.82 Å². The largest absolute Gasteiger partial charge is 0.378 e. The molecule has 4 heterocycles. The van der Waals surface area contributed by atoms with Crippen molar-refractivity contribution < 1.29 is 9.47 Å². The van der Waals surface area contributed by atoms with E-state index in [9.17, 15) is 0 Å². The number of morpholine rings is 2. The van der Waals surface area contributed by atoms with Gasteiger partial charge in [0.25, 0.3) is 0 Å². The van der Waals surface area contributed by atoms with Crippen LogP contribution in [-0.2, 0) is 16.0 Å². The van der Waals surface area contributed by atoms with E-state index in [1.807, 2.05) is 42.6 Å². The fourth-order valence-corrected chi connectivity index (χ4v) is 5.02. The van der Waals surface area contributed by atoms with Crippen molar-refractivity contribution in [1.29, 1.82) is 0 Å². The van der Waals surface area contributed by atoms with Crippen molar-refractivity contribution in [2.24, 2.45) is 5.10 Å². The molecule has 6 rings (SSSR count). The summed E-state index contributed by atoms with van der Waals surface area (Å²) in [6, 6.07) is 18.2. The Labute approximate surface area is 226 Å². The Balaban J connectivity index is 1.26. The molecule has 0 saturated carbocycles. The van der Waals surface area contributed by atoms with Gasteiger partial charge >= 0.3 is 0 Å². The number of halogens is 1. The minimum atomic E-state index is 0.652. The molecule has 4 aromatic rings. The molecule has 2 saturated heterocycles. The molecule has 0 aliphatic carbocycles. The predicted molar refractivity (Wildman–Crippen MR) is 152 cm³/mol.